The number of hydrogen-bond acceptors (Lipinski definition) is 12. The zero-order chi connectivity index (χ0) is 30.5. The van der Waals surface area contributed by atoms with Gasteiger partial charge in [-0.1, -0.05) is 13.0 Å². The van der Waals surface area contributed by atoms with Crippen LogP contribution in [0.15, 0.2) is 11.6 Å². The number of fused-ring (bicyclic) bond motifs is 3. The maximum Gasteiger partial charge on any atom is 0.322 e. The van der Waals surface area contributed by atoms with Gasteiger partial charge in [0.2, 0.25) is 17.6 Å². The van der Waals surface area contributed by atoms with E-state index >= 15 is 0 Å². The molecular weight excluding hydrogens is 566 g/mol. The number of carbonyl (C=O) groups excluding carboxylic acids is 2. The van der Waals surface area contributed by atoms with Crippen molar-refractivity contribution >= 4 is 35.5 Å². The molecule has 16 heteroatoms. The second kappa shape index (κ2) is 11.1. The SMILES string of the molecule is CC1=C[C@H]2O[C@@H]3[C@H](O)C[C@](C)([C@]24CO[C@@]1(O)[C@H]4O)[C@]3(O)CSC[C@H](NC(=O)CC[C@H](N)C(=O)O)C(=O)NCC(=O)O. The number of thioether (sulfide) groups is 1. The molecule has 1 saturated carbocycles. The van der Waals surface area contributed by atoms with Gasteiger partial charge in [0.05, 0.1) is 24.2 Å². The molecule has 10 N–H and O–H groups in total. The Morgan fingerprint density at radius 3 is 2.54 bits per heavy atom. The first-order valence-electron chi connectivity index (χ1n) is 13.2. The number of hydrogen-bond donors (Lipinski definition) is 9. The van der Waals surface area contributed by atoms with E-state index in [0.717, 1.165) is 11.8 Å². The first kappa shape index (κ1) is 31.6. The quantitative estimate of drug-likeness (QED) is 0.100. The molecule has 10 atom stereocenters. The summed E-state index contributed by atoms with van der Waals surface area (Å²) in [4.78, 5) is 47.1. The number of ether oxygens (including phenoxy) is 2. The van der Waals surface area contributed by atoms with Crippen molar-refractivity contribution in [2.24, 2.45) is 16.6 Å². The summed E-state index contributed by atoms with van der Waals surface area (Å²) in [6.45, 7) is 2.43. The molecule has 0 radical (unpaired) electrons. The number of aliphatic hydroxyl groups is 4. The van der Waals surface area contributed by atoms with Crippen LogP contribution in [0.2, 0.25) is 0 Å². The molecule has 41 heavy (non-hydrogen) atoms. The fourth-order valence-electron chi connectivity index (χ4n) is 6.74. The van der Waals surface area contributed by atoms with Crippen LogP contribution >= 0.6 is 11.8 Å². The number of nitrogens with one attached hydrogen (secondary N) is 2. The second-order valence-electron chi connectivity index (χ2n) is 11.5. The van der Waals surface area contributed by atoms with Crippen LogP contribution in [-0.4, -0.2) is 127 Å². The van der Waals surface area contributed by atoms with Crippen LogP contribution in [0, 0.1) is 10.8 Å². The van der Waals surface area contributed by atoms with Gasteiger partial charge in [0.15, 0.2) is 0 Å². The molecule has 15 nitrogen and oxygen atoms in total. The van der Waals surface area contributed by atoms with E-state index < -0.39 is 89.0 Å². The smallest absolute Gasteiger partial charge is 0.322 e. The molecule has 2 saturated heterocycles. The fraction of sp³-hybridized carbons (Fsp3) is 0.760. The number of carbonyl (C=O) groups is 4. The predicted molar refractivity (Wildman–Crippen MR) is 140 cm³/mol. The van der Waals surface area contributed by atoms with Crippen molar-refractivity contribution in [2.45, 2.75) is 81.0 Å². The molecule has 4 bridgehead atoms. The first-order chi connectivity index (χ1) is 19.0. The molecule has 4 rings (SSSR count). The molecule has 2 amide bonds. The van der Waals surface area contributed by atoms with Crippen LogP contribution < -0.4 is 16.4 Å². The van der Waals surface area contributed by atoms with Gasteiger partial charge in [-0.3, -0.25) is 19.2 Å². The summed E-state index contributed by atoms with van der Waals surface area (Å²) in [5, 5.41) is 67.9. The van der Waals surface area contributed by atoms with Crippen LogP contribution in [0.3, 0.4) is 0 Å². The van der Waals surface area contributed by atoms with Gasteiger partial charge in [-0.15, -0.1) is 0 Å². The number of rotatable bonds is 12. The van der Waals surface area contributed by atoms with Crippen molar-refractivity contribution in [1.82, 2.24) is 10.6 Å². The summed E-state index contributed by atoms with van der Waals surface area (Å²) in [7, 11) is 0. The van der Waals surface area contributed by atoms with Crippen LogP contribution in [0.4, 0.5) is 0 Å². The number of carboxylic acid groups (broad SMARTS) is 2. The Labute approximate surface area is 239 Å². The van der Waals surface area contributed by atoms with E-state index in [2.05, 4.69) is 10.6 Å². The Morgan fingerprint density at radius 1 is 1.22 bits per heavy atom. The van der Waals surface area contributed by atoms with Gasteiger partial charge in [-0.05, 0) is 25.3 Å². The lowest BCUT2D eigenvalue weighted by atomic mass is 9.50. The maximum atomic E-state index is 12.7. The summed E-state index contributed by atoms with van der Waals surface area (Å²) in [5.74, 6) is -6.34. The minimum Gasteiger partial charge on any atom is -0.480 e. The summed E-state index contributed by atoms with van der Waals surface area (Å²) in [6.07, 6.45) is -3.25. The van der Waals surface area contributed by atoms with Crippen molar-refractivity contribution in [3.63, 3.8) is 0 Å². The summed E-state index contributed by atoms with van der Waals surface area (Å²) >= 11 is 1.03. The number of carboxylic acids is 2. The van der Waals surface area contributed by atoms with E-state index in [4.69, 9.17) is 25.4 Å². The van der Waals surface area contributed by atoms with Gasteiger partial charge >= 0.3 is 11.9 Å². The van der Waals surface area contributed by atoms with Crippen molar-refractivity contribution < 1.29 is 59.3 Å². The maximum absolute atomic E-state index is 12.7. The van der Waals surface area contributed by atoms with E-state index in [9.17, 15) is 39.6 Å². The van der Waals surface area contributed by atoms with Gasteiger partial charge in [-0.25, -0.2) is 0 Å². The standard InChI is InChI=1S/C25H37N3O12S/c1-11-5-15-23(9-39-25(11,38)21(23)36)22(2)6-14(29)18(40-15)24(22,37)10-41-8-13(19(33)27-7-17(31)32)28-16(30)4-3-12(26)20(34)35/h5,12-15,18,21,29,36-38H,3-4,6-10,26H2,1-2H3,(H,27,33)(H,28,30)(H,31,32)(H,34,35)/t12-,13-,14+,15+,18+,21-,22+,23+,24-,25+/m0/s1. The van der Waals surface area contributed by atoms with Crippen molar-refractivity contribution in [3.8, 4) is 0 Å². The third-order valence-electron chi connectivity index (χ3n) is 9.25. The Kier molecular flexibility index (Phi) is 8.54. The van der Waals surface area contributed by atoms with Crippen LogP contribution in [0.5, 0.6) is 0 Å². The monoisotopic (exact) mass is 603 g/mol. The number of nitrogens with two attached hydrogens (primary N) is 1. The van der Waals surface area contributed by atoms with E-state index in [1.165, 1.54) is 0 Å². The van der Waals surface area contributed by atoms with Gasteiger partial charge in [0.1, 0.15) is 36.4 Å². The van der Waals surface area contributed by atoms with E-state index in [1.807, 2.05) is 0 Å². The minimum absolute atomic E-state index is 0.0255. The van der Waals surface area contributed by atoms with Gasteiger partial charge in [0, 0.05) is 23.3 Å². The highest BCUT2D eigenvalue weighted by Gasteiger charge is 2.81. The molecule has 2 heterocycles. The Morgan fingerprint density at radius 2 is 1.90 bits per heavy atom. The number of aliphatic hydroxyl groups excluding tert-OH is 2. The lowest BCUT2D eigenvalue weighted by molar-refractivity contribution is -0.287. The van der Waals surface area contributed by atoms with E-state index in [1.54, 1.807) is 19.9 Å². The molecule has 0 aromatic rings. The summed E-state index contributed by atoms with van der Waals surface area (Å²) in [6, 6.07) is -2.54. The third-order valence-corrected chi connectivity index (χ3v) is 10.5. The largest absolute Gasteiger partial charge is 0.480 e. The van der Waals surface area contributed by atoms with Crippen LogP contribution in [-0.2, 0) is 28.7 Å². The van der Waals surface area contributed by atoms with Gasteiger partial charge in [-0.2, -0.15) is 11.8 Å². The number of amides is 2. The van der Waals surface area contributed by atoms with Crippen molar-refractivity contribution in [1.29, 1.82) is 0 Å². The molecule has 230 valence electrons. The minimum atomic E-state index is -1.97. The van der Waals surface area contributed by atoms with Crippen LogP contribution in [0.1, 0.15) is 33.1 Å². The van der Waals surface area contributed by atoms with Gasteiger partial charge in [0.25, 0.3) is 0 Å². The Bertz CT molecular complexity index is 1140. The summed E-state index contributed by atoms with van der Waals surface area (Å²) in [5.41, 5.74) is 1.48. The Balaban J connectivity index is 1.51. The lowest BCUT2D eigenvalue weighted by Crippen LogP contribution is -2.73. The molecule has 2 aliphatic heterocycles. The summed E-state index contributed by atoms with van der Waals surface area (Å²) < 4.78 is 11.9. The molecular formula is C25H37N3O12S. The molecule has 3 fully saturated rings. The van der Waals surface area contributed by atoms with E-state index in [0.29, 0.717) is 5.57 Å². The zero-order valence-electron chi connectivity index (χ0n) is 22.6. The predicted octanol–water partition coefficient (Wildman–Crippen LogP) is -3.11. The molecule has 0 unspecified atom stereocenters. The van der Waals surface area contributed by atoms with Crippen molar-refractivity contribution in [3.05, 3.63) is 11.6 Å². The first-order valence-corrected chi connectivity index (χ1v) is 14.3. The van der Waals surface area contributed by atoms with Gasteiger partial charge < -0.3 is 56.5 Å². The lowest BCUT2D eigenvalue weighted by Gasteiger charge is -2.61. The van der Waals surface area contributed by atoms with Crippen molar-refractivity contribution in [2.75, 3.05) is 24.7 Å². The topological polar surface area (TPSA) is 258 Å². The molecule has 1 spiro atoms. The highest BCUT2D eigenvalue weighted by molar-refractivity contribution is 7.99. The molecule has 0 aromatic carbocycles. The Hall–Kier alpha value is -2.31. The highest BCUT2D eigenvalue weighted by atomic mass is 32.2. The molecule has 4 aliphatic rings. The number of aliphatic carboxylic acids is 2. The average Bonchev–Trinajstić information content (AvgIpc) is 3.17. The highest BCUT2D eigenvalue weighted by Crippen LogP contribution is 2.70. The fourth-order valence-corrected chi connectivity index (χ4v) is 8.12. The van der Waals surface area contributed by atoms with E-state index in [-0.39, 0.29) is 37.4 Å². The zero-order valence-corrected chi connectivity index (χ0v) is 23.4. The van der Waals surface area contributed by atoms with Crippen LogP contribution in [0.25, 0.3) is 0 Å². The molecule has 2 aliphatic carbocycles. The molecule has 0 aromatic heterocycles. The normalized spacial score (nSPS) is 40.2. The second-order valence-corrected chi connectivity index (χ2v) is 12.5. The average molecular weight is 604 g/mol. The third kappa shape index (κ3) is 4.93.